The maximum atomic E-state index is 13.6. The van der Waals surface area contributed by atoms with Gasteiger partial charge in [0.2, 0.25) is 6.29 Å². The Morgan fingerprint density at radius 2 is 1.16 bits per heavy atom. The topological polar surface area (TPSA) is 152 Å². The van der Waals surface area contributed by atoms with Gasteiger partial charge in [-0.25, -0.2) is 0 Å². The van der Waals surface area contributed by atoms with Gasteiger partial charge in [0.1, 0.15) is 18.8 Å². The minimum absolute atomic E-state index is 0.299. The molecule has 0 aliphatic carbocycles. The summed E-state index contributed by atoms with van der Waals surface area (Å²) in [7, 11) is 0. The molecule has 2 amide bonds. The Balaban J connectivity index is 2.21. The van der Waals surface area contributed by atoms with Gasteiger partial charge in [0.25, 0.3) is 11.8 Å². The second kappa shape index (κ2) is 11.6. The van der Waals surface area contributed by atoms with E-state index in [2.05, 4.69) is 0 Å². The number of esters is 4. The summed E-state index contributed by atoms with van der Waals surface area (Å²) in [5, 5.41) is -1.36. The third-order valence-electron chi connectivity index (χ3n) is 5.38. The highest BCUT2D eigenvalue weighted by Gasteiger charge is 2.59. The van der Waals surface area contributed by atoms with Crippen LogP contribution in [0.4, 0.5) is 0 Å². The maximum Gasteiger partial charge on any atom is 0.305 e. The minimum atomic E-state index is -1.80. The molecule has 38 heavy (non-hydrogen) atoms. The van der Waals surface area contributed by atoms with Crippen molar-refractivity contribution in [3.63, 3.8) is 0 Å². The predicted octanol–water partition coefficient (Wildman–Crippen LogP) is 2.98. The molecule has 1 aromatic rings. The Bertz CT molecular complexity index is 1190. The van der Waals surface area contributed by atoms with Gasteiger partial charge in [-0.1, -0.05) is 46.4 Å². The average Bonchev–Trinajstić information content (AvgIpc) is 3.06. The first kappa shape index (κ1) is 29.9. The number of hydrogen-bond donors (Lipinski definition) is 0. The number of ether oxygens (including phenoxy) is 5. The molecular weight excluding hydrogens is 596 g/mol. The van der Waals surface area contributed by atoms with Gasteiger partial charge in [-0.15, -0.1) is 0 Å². The number of hydrogen-bond acceptors (Lipinski definition) is 11. The summed E-state index contributed by atoms with van der Waals surface area (Å²) in [6.45, 7) is 3.61. The van der Waals surface area contributed by atoms with Gasteiger partial charge in [-0.3, -0.25) is 33.7 Å². The highest BCUT2D eigenvalue weighted by atomic mass is 35.5. The molecule has 2 aliphatic rings. The van der Waals surface area contributed by atoms with Gasteiger partial charge >= 0.3 is 23.9 Å². The summed E-state index contributed by atoms with van der Waals surface area (Å²) >= 11 is 24.6. The Kier molecular flexibility index (Phi) is 9.15. The van der Waals surface area contributed by atoms with Crippen molar-refractivity contribution in [3.05, 3.63) is 31.2 Å². The molecule has 1 saturated heterocycles. The van der Waals surface area contributed by atoms with E-state index in [1.54, 1.807) is 0 Å². The molecule has 2 aliphatic heterocycles. The molecule has 16 heteroatoms. The summed E-state index contributed by atoms with van der Waals surface area (Å²) in [4.78, 5) is 75.2. The SMILES string of the molecule is CC(=O)OC[C@H]1OC(OC(C)=O)[C@H](N2C(=O)c3c(Cl)c(Cl)c(Cl)c(Cl)c3C2=O)[C@@H](OC(C)=O)[C@@H]1OC(C)=O. The number of fused-ring (bicyclic) bond motifs is 1. The second-order valence-corrected chi connectivity index (χ2v) is 9.59. The third-order valence-corrected chi connectivity index (χ3v) is 7.18. The van der Waals surface area contributed by atoms with E-state index >= 15 is 0 Å². The number of rotatable bonds is 6. The number of nitrogens with zero attached hydrogens (tertiary/aromatic N) is 1. The Hall–Kier alpha value is -2.64. The van der Waals surface area contributed by atoms with Crippen LogP contribution in [0.15, 0.2) is 0 Å². The lowest BCUT2D eigenvalue weighted by atomic mass is 9.94. The highest BCUT2D eigenvalue weighted by Crippen LogP contribution is 2.46. The predicted molar refractivity (Wildman–Crippen MR) is 129 cm³/mol. The normalized spacial score (nSPS) is 24.5. The van der Waals surface area contributed by atoms with Crippen LogP contribution in [0, 0.1) is 0 Å². The van der Waals surface area contributed by atoms with Crippen LogP contribution < -0.4 is 0 Å². The number of imide groups is 1. The average molecular weight is 615 g/mol. The van der Waals surface area contributed by atoms with Gasteiger partial charge < -0.3 is 23.7 Å². The quantitative estimate of drug-likeness (QED) is 0.153. The van der Waals surface area contributed by atoms with Crippen molar-refractivity contribution in [1.82, 2.24) is 4.90 Å². The molecule has 1 fully saturated rings. The van der Waals surface area contributed by atoms with E-state index in [1.807, 2.05) is 0 Å². The Morgan fingerprint density at radius 1 is 0.711 bits per heavy atom. The van der Waals surface area contributed by atoms with E-state index in [1.165, 1.54) is 0 Å². The van der Waals surface area contributed by atoms with Crippen LogP contribution in [0.1, 0.15) is 48.4 Å². The van der Waals surface area contributed by atoms with E-state index in [0.29, 0.717) is 4.90 Å². The fourth-order valence-corrected chi connectivity index (χ4v) is 5.07. The van der Waals surface area contributed by atoms with Crippen molar-refractivity contribution >= 4 is 82.1 Å². The van der Waals surface area contributed by atoms with Crippen molar-refractivity contribution in [2.75, 3.05) is 6.61 Å². The number of benzene rings is 1. The van der Waals surface area contributed by atoms with Crippen molar-refractivity contribution in [1.29, 1.82) is 0 Å². The molecule has 0 radical (unpaired) electrons. The van der Waals surface area contributed by atoms with Crippen LogP contribution in [-0.4, -0.2) is 77.8 Å². The van der Waals surface area contributed by atoms with Gasteiger partial charge in [-0.2, -0.15) is 0 Å². The van der Waals surface area contributed by atoms with Crippen LogP contribution in [-0.2, 0) is 42.9 Å². The summed E-state index contributed by atoms with van der Waals surface area (Å²) in [5.41, 5.74) is -0.824. The molecule has 206 valence electrons. The van der Waals surface area contributed by atoms with E-state index in [9.17, 15) is 28.8 Å². The van der Waals surface area contributed by atoms with Crippen LogP contribution >= 0.6 is 46.4 Å². The Morgan fingerprint density at radius 3 is 1.58 bits per heavy atom. The fourth-order valence-electron chi connectivity index (χ4n) is 4.05. The van der Waals surface area contributed by atoms with Gasteiger partial charge in [0.15, 0.2) is 12.2 Å². The van der Waals surface area contributed by atoms with Crippen LogP contribution in [0.25, 0.3) is 0 Å². The lowest BCUT2D eigenvalue weighted by molar-refractivity contribution is -0.278. The molecule has 0 saturated carbocycles. The molecule has 5 atom stereocenters. The molecule has 2 heterocycles. The number of halogens is 4. The molecule has 1 unspecified atom stereocenters. The zero-order valence-corrected chi connectivity index (χ0v) is 23.1. The molecule has 0 spiro atoms. The van der Waals surface area contributed by atoms with Gasteiger partial charge in [0, 0.05) is 27.7 Å². The molecule has 0 aromatic heterocycles. The smallest absolute Gasteiger partial charge is 0.305 e. The maximum absolute atomic E-state index is 13.6. The highest BCUT2D eigenvalue weighted by molar-refractivity contribution is 6.55. The monoisotopic (exact) mass is 613 g/mol. The van der Waals surface area contributed by atoms with Gasteiger partial charge in [-0.05, 0) is 0 Å². The summed E-state index contributed by atoms with van der Waals surface area (Å²) in [5.74, 6) is -5.59. The lowest BCUT2D eigenvalue weighted by Crippen LogP contribution is -2.67. The first-order chi connectivity index (χ1) is 17.7. The van der Waals surface area contributed by atoms with E-state index < -0.39 is 84.1 Å². The molecule has 1 aromatic carbocycles. The number of carbonyl (C=O) groups excluding carboxylic acids is 6. The second-order valence-electron chi connectivity index (χ2n) is 8.08. The summed E-state index contributed by atoms with van der Waals surface area (Å²) in [6, 6.07) is -1.74. The molecule has 3 rings (SSSR count). The van der Waals surface area contributed by atoms with Crippen LogP contribution in [0.5, 0.6) is 0 Å². The third kappa shape index (κ3) is 5.69. The Labute approximate surface area is 235 Å². The molecule has 12 nitrogen and oxygen atoms in total. The zero-order valence-electron chi connectivity index (χ0n) is 20.0. The molecule has 0 N–H and O–H groups in total. The van der Waals surface area contributed by atoms with E-state index in [4.69, 9.17) is 70.1 Å². The zero-order chi connectivity index (χ0) is 28.6. The van der Waals surface area contributed by atoms with Crippen molar-refractivity contribution < 1.29 is 52.5 Å². The standard InChI is InChI=1S/C22H19Cl4NO11/c1-6(28)34-5-10-18(35-7(2)29)19(36-8(3)30)17(22(38-10)37-9(4)31)27-20(32)11-12(21(27)33)14(24)16(26)15(25)13(11)23/h10,17-19,22H,5H2,1-4H3/t10-,17-,18-,19-,22?/m1/s1. The fraction of sp³-hybridized carbons (Fsp3) is 0.455. The largest absolute Gasteiger partial charge is 0.463 e. The van der Waals surface area contributed by atoms with Crippen molar-refractivity contribution in [2.45, 2.75) is 58.3 Å². The van der Waals surface area contributed by atoms with Crippen LogP contribution in [0.3, 0.4) is 0 Å². The first-order valence-electron chi connectivity index (χ1n) is 10.7. The van der Waals surface area contributed by atoms with Crippen molar-refractivity contribution in [3.8, 4) is 0 Å². The number of carbonyl (C=O) groups is 6. The van der Waals surface area contributed by atoms with Crippen LogP contribution in [0.2, 0.25) is 20.1 Å². The summed E-state index contributed by atoms with van der Waals surface area (Å²) < 4.78 is 26.6. The van der Waals surface area contributed by atoms with Gasteiger partial charge in [0.05, 0.1) is 31.2 Å². The first-order valence-corrected chi connectivity index (χ1v) is 12.2. The summed E-state index contributed by atoms with van der Waals surface area (Å²) in [6.07, 6.45) is -6.38. The number of amides is 2. The van der Waals surface area contributed by atoms with Crippen molar-refractivity contribution in [2.24, 2.45) is 0 Å². The van der Waals surface area contributed by atoms with E-state index in [0.717, 1.165) is 27.7 Å². The lowest BCUT2D eigenvalue weighted by Gasteiger charge is -2.46. The van der Waals surface area contributed by atoms with E-state index in [-0.39, 0.29) is 20.1 Å². The molecule has 0 bridgehead atoms. The molecular formula is C22H19Cl4NO11. The minimum Gasteiger partial charge on any atom is -0.463 e.